The predicted octanol–water partition coefficient (Wildman–Crippen LogP) is 3.80. The maximum atomic E-state index is 12.3. The minimum absolute atomic E-state index is 0.109. The number of halogens is 1. The van der Waals surface area contributed by atoms with Crippen LogP contribution in [0.15, 0.2) is 59.7 Å². The highest BCUT2D eigenvalue weighted by Gasteiger charge is 2.25. The molecule has 0 aromatic heterocycles. The van der Waals surface area contributed by atoms with E-state index in [2.05, 4.69) is 10.4 Å². The molecule has 6 nitrogen and oxygen atoms in total. The SMILES string of the molecule is O=C(NCCCCOc1ccc(Cl)cc1)C1=NN(c2ccccc2)C(=O)CC1. The molecule has 0 saturated heterocycles. The summed E-state index contributed by atoms with van der Waals surface area (Å²) >= 11 is 5.83. The third-order valence-electron chi connectivity index (χ3n) is 4.23. The number of para-hydroxylation sites is 1. The molecule has 1 aliphatic rings. The third kappa shape index (κ3) is 5.57. The summed E-state index contributed by atoms with van der Waals surface area (Å²) in [6, 6.07) is 16.3. The summed E-state index contributed by atoms with van der Waals surface area (Å²) in [5.41, 5.74) is 1.04. The number of amides is 2. The highest BCUT2D eigenvalue weighted by molar-refractivity contribution is 6.40. The molecule has 2 aromatic carbocycles. The number of nitrogens with zero attached hydrogens (tertiary/aromatic N) is 2. The molecule has 1 heterocycles. The molecule has 0 spiro atoms. The van der Waals surface area contributed by atoms with Crippen molar-refractivity contribution in [2.75, 3.05) is 18.2 Å². The van der Waals surface area contributed by atoms with E-state index in [9.17, 15) is 9.59 Å². The Balaban J connectivity index is 1.41. The fourth-order valence-electron chi connectivity index (χ4n) is 2.74. The Kier molecular flexibility index (Phi) is 7.03. The molecular formula is C21H22ClN3O3. The maximum Gasteiger partial charge on any atom is 0.267 e. The van der Waals surface area contributed by atoms with E-state index in [1.165, 1.54) is 5.01 Å². The molecule has 28 heavy (non-hydrogen) atoms. The molecule has 3 rings (SSSR count). The smallest absolute Gasteiger partial charge is 0.267 e. The van der Waals surface area contributed by atoms with Gasteiger partial charge in [0.1, 0.15) is 11.5 Å². The monoisotopic (exact) mass is 399 g/mol. The topological polar surface area (TPSA) is 71.0 Å². The summed E-state index contributed by atoms with van der Waals surface area (Å²) in [5.74, 6) is 0.435. The van der Waals surface area contributed by atoms with Crippen LogP contribution in [0.25, 0.3) is 0 Å². The minimum atomic E-state index is -0.230. The van der Waals surface area contributed by atoms with E-state index in [0.717, 1.165) is 18.6 Å². The Bertz CT molecular complexity index is 838. The first kappa shape index (κ1) is 19.9. The first-order chi connectivity index (χ1) is 13.6. The molecule has 0 aliphatic carbocycles. The molecule has 0 atom stereocenters. The number of anilines is 1. The van der Waals surface area contributed by atoms with Gasteiger partial charge in [-0.15, -0.1) is 0 Å². The highest BCUT2D eigenvalue weighted by Crippen LogP contribution is 2.19. The van der Waals surface area contributed by atoms with Crippen LogP contribution in [0.3, 0.4) is 0 Å². The van der Waals surface area contributed by atoms with Gasteiger partial charge in [0.05, 0.1) is 12.3 Å². The van der Waals surface area contributed by atoms with Crippen LogP contribution in [0.5, 0.6) is 5.75 Å². The van der Waals surface area contributed by atoms with Crippen LogP contribution in [-0.2, 0) is 9.59 Å². The summed E-state index contributed by atoms with van der Waals surface area (Å²) in [6.07, 6.45) is 2.22. The van der Waals surface area contributed by atoms with Gasteiger partial charge in [0, 0.05) is 24.4 Å². The molecule has 0 unspecified atom stereocenters. The van der Waals surface area contributed by atoms with Crippen LogP contribution >= 0.6 is 11.6 Å². The maximum absolute atomic E-state index is 12.3. The average molecular weight is 400 g/mol. The number of hydrazone groups is 1. The van der Waals surface area contributed by atoms with Crippen LogP contribution < -0.4 is 15.1 Å². The number of carbonyl (C=O) groups excluding carboxylic acids is 2. The summed E-state index contributed by atoms with van der Waals surface area (Å²) in [6.45, 7) is 1.09. The number of carbonyl (C=O) groups is 2. The number of hydrogen-bond acceptors (Lipinski definition) is 4. The molecule has 7 heteroatoms. The van der Waals surface area contributed by atoms with Gasteiger partial charge < -0.3 is 10.1 Å². The number of hydrogen-bond donors (Lipinski definition) is 1. The van der Waals surface area contributed by atoms with Gasteiger partial charge in [0.25, 0.3) is 5.91 Å². The summed E-state index contributed by atoms with van der Waals surface area (Å²) in [5, 5.41) is 9.09. The second kappa shape index (κ2) is 9.90. The van der Waals surface area contributed by atoms with E-state index in [1.807, 2.05) is 30.3 Å². The quantitative estimate of drug-likeness (QED) is 0.686. The van der Waals surface area contributed by atoms with E-state index in [0.29, 0.717) is 36.0 Å². The van der Waals surface area contributed by atoms with Crippen LogP contribution in [-0.4, -0.2) is 30.7 Å². The van der Waals surface area contributed by atoms with Crippen LogP contribution in [0.2, 0.25) is 5.02 Å². The van der Waals surface area contributed by atoms with Gasteiger partial charge in [-0.05, 0) is 49.2 Å². The average Bonchev–Trinajstić information content (AvgIpc) is 2.72. The molecule has 0 saturated carbocycles. The molecule has 1 N–H and O–H groups in total. The van der Waals surface area contributed by atoms with Gasteiger partial charge in [-0.3, -0.25) is 9.59 Å². The molecule has 2 aromatic rings. The zero-order valence-electron chi connectivity index (χ0n) is 15.4. The fraction of sp³-hybridized carbons (Fsp3) is 0.286. The normalized spacial score (nSPS) is 13.8. The predicted molar refractivity (Wildman–Crippen MR) is 110 cm³/mol. The lowest BCUT2D eigenvalue weighted by atomic mass is 10.1. The largest absolute Gasteiger partial charge is 0.494 e. The molecule has 0 radical (unpaired) electrons. The van der Waals surface area contributed by atoms with Crippen molar-refractivity contribution in [1.29, 1.82) is 0 Å². The molecule has 0 bridgehead atoms. The first-order valence-electron chi connectivity index (χ1n) is 9.25. The second-order valence-corrected chi connectivity index (χ2v) is 6.79. The van der Waals surface area contributed by atoms with Gasteiger partial charge in [-0.1, -0.05) is 29.8 Å². The standard InChI is InChI=1S/C21H22ClN3O3/c22-16-8-10-18(11-9-16)28-15-5-4-14-23-21(27)19-12-13-20(26)25(24-19)17-6-2-1-3-7-17/h1-3,6-11H,4-5,12-15H2,(H,23,27). The summed E-state index contributed by atoms with van der Waals surface area (Å²) in [4.78, 5) is 24.4. The Hall–Kier alpha value is -2.86. The van der Waals surface area contributed by atoms with Crippen molar-refractivity contribution in [3.05, 3.63) is 59.6 Å². The second-order valence-electron chi connectivity index (χ2n) is 6.35. The number of rotatable bonds is 8. The Morgan fingerprint density at radius 2 is 1.82 bits per heavy atom. The number of benzene rings is 2. The molecule has 2 amide bonds. The van der Waals surface area contributed by atoms with E-state index in [1.54, 1.807) is 24.3 Å². The van der Waals surface area contributed by atoms with Crippen molar-refractivity contribution >= 4 is 34.8 Å². The molecule has 1 aliphatic heterocycles. The number of nitrogens with one attached hydrogen (secondary N) is 1. The third-order valence-corrected chi connectivity index (χ3v) is 4.49. The Morgan fingerprint density at radius 3 is 2.57 bits per heavy atom. The van der Waals surface area contributed by atoms with Crippen molar-refractivity contribution in [2.45, 2.75) is 25.7 Å². The van der Waals surface area contributed by atoms with Crippen molar-refractivity contribution in [1.82, 2.24) is 5.32 Å². The van der Waals surface area contributed by atoms with E-state index >= 15 is 0 Å². The molecular weight excluding hydrogens is 378 g/mol. The van der Waals surface area contributed by atoms with Gasteiger partial charge in [0.2, 0.25) is 5.91 Å². The summed E-state index contributed by atoms with van der Waals surface area (Å²) < 4.78 is 5.62. The summed E-state index contributed by atoms with van der Waals surface area (Å²) in [7, 11) is 0. The first-order valence-corrected chi connectivity index (χ1v) is 9.63. The lowest BCUT2D eigenvalue weighted by molar-refractivity contribution is -0.118. The van der Waals surface area contributed by atoms with Crippen molar-refractivity contribution in [3.8, 4) is 5.75 Å². The number of unbranched alkanes of at least 4 members (excludes halogenated alkanes) is 1. The van der Waals surface area contributed by atoms with E-state index in [4.69, 9.17) is 16.3 Å². The lowest BCUT2D eigenvalue weighted by Crippen LogP contribution is -2.39. The highest BCUT2D eigenvalue weighted by atomic mass is 35.5. The van der Waals surface area contributed by atoms with Gasteiger partial charge in [-0.2, -0.15) is 5.10 Å². The zero-order valence-corrected chi connectivity index (χ0v) is 16.2. The lowest BCUT2D eigenvalue weighted by Gasteiger charge is -2.23. The zero-order chi connectivity index (χ0) is 19.8. The van der Waals surface area contributed by atoms with Crippen molar-refractivity contribution < 1.29 is 14.3 Å². The van der Waals surface area contributed by atoms with Crippen molar-refractivity contribution in [3.63, 3.8) is 0 Å². The van der Waals surface area contributed by atoms with Gasteiger partial charge in [-0.25, -0.2) is 5.01 Å². The minimum Gasteiger partial charge on any atom is -0.494 e. The molecule has 146 valence electrons. The van der Waals surface area contributed by atoms with E-state index in [-0.39, 0.29) is 18.2 Å². The van der Waals surface area contributed by atoms with Gasteiger partial charge in [0.15, 0.2) is 0 Å². The van der Waals surface area contributed by atoms with Crippen LogP contribution in [0.1, 0.15) is 25.7 Å². The van der Waals surface area contributed by atoms with Crippen LogP contribution in [0.4, 0.5) is 5.69 Å². The number of ether oxygens (including phenoxy) is 1. The fourth-order valence-corrected chi connectivity index (χ4v) is 2.87. The molecule has 0 fully saturated rings. The van der Waals surface area contributed by atoms with E-state index < -0.39 is 0 Å². The van der Waals surface area contributed by atoms with Gasteiger partial charge >= 0.3 is 0 Å². The van der Waals surface area contributed by atoms with Crippen LogP contribution in [0, 0.1) is 0 Å². The Morgan fingerprint density at radius 1 is 1.07 bits per heavy atom. The Labute approximate surface area is 169 Å². The van der Waals surface area contributed by atoms with Crippen molar-refractivity contribution in [2.24, 2.45) is 5.10 Å².